The minimum atomic E-state index is -0.0955. The molecule has 1 fully saturated rings. The first-order valence-corrected chi connectivity index (χ1v) is 8.02. The first-order chi connectivity index (χ1) is 9.04. The Morgan fingerprint density at radius 3 is 2.95 bits per heavy atom. The van der Waals surface area contributed by atoms with Crippen molar-refractivity contribution in [3.05, 3.63) is 18.1 Å². The van der Waals surface area contributed by atoms with Crippen molar-refractivity contribution < 1.29 is 9.52 Å². The molecular formula is C15H25NO2S. The molecule has 19 heavy (non-hydrogen) atoms. The van der Waals surface area contributed by atoms with Crippen LogP contribution in [-0.4, -0.2) is 28.5 Å². The van der Waals surface area contributed by atoms with E-state index in [2.05, 4.69) is 19.2 Å². The van der Waals surface area contributed by atoms with Crippen molar-refractivity contribution in [2.24, 2.45) is 0 Å². The van der Waals surface area contributed by atoms with E-state index < -0.39 is 0 Å². The van der Waals surface area contributed by atoms with Crippen LogP contribution in [0.1, 0.15) is 45.3 Å². The fourth-order valence-corrected chi connectivity index (χ4v) is 4.41. The SMILES string of the molecule is Cc1occc1SC1CCCC(CO)(NC(C)C)C1. The van der Waals surface area contributed by atoms with Gasteiger partial charge in [-0.3, -0.25) is 0 Å². The van der Waals surface area contributed by atoms with Crippen molar-refractivity contribution in [2.45, 2.75) is 68.2 Å². The maximum Gasteiger partial charge on any atom is 0.114 e. The van der Waals surface area contributed by atoms with E-state index in [4.69, 9.17) is 4.42 Å². The second-order valence-corrected chi connectivity index (χ2v) is 7.26. The third-order valence-corrected chi connectivity index (χ3v) is 5.22. The average molecular weight is 283 g/mol. The highest BCUT2D eigenvalue weighted by atomic mass is 32.2. The van der Waals surface area contributed by atoms with Crippen molar-refractivity contribution in [3.8, 4) is 0 Å². The number of aliphatic hydroxyl groups excluding tert-OH is 1. The Kier molecular flexibility index (Phi) is 4.98. The summed E-state index contributed by atoms with van der Waals surface area (Å²) in [4.78, 5) is 1.24. The fourth-order valence-electron chi connectivity index (χ4n) is 3.02. The molecule has 2 atom stereocenters. The molecule has 1 heterocycles. The summed E-state index contributed by atoms with van der Waals surface area (Å²) in [7, 11) is 0. The predicted molar refractivity (Wildman–Crippen MR) is 79.6 cm³/mol. The van der Waals surface area contributed by atoms with Gasteiger partial charge in [0.1, 0.15) is 5.76 Å². The fraction of sp³-hybridized carbons (Fsp3) is 0.733. The van der Waals surface area contributed by atoms with E-state index in [1.165, 1.54) is 17.7 Å². The zero-order valence-corrected chi connectivity index (χ0v) is 12.9. The molecule has 0 aromatic carbocycles. The number of aryl methyl sites for hydroxylation is 1. The molecule has 0 aliphatic heterocycles. The maximum atomic E-state index is 9.80. The van der Waals surface area contributed by atoms with Crippen LogP contribution in [-0.2, 0) is 0 Å². The van der Waals surface area contributed by atoms with Gasteiger partial charge in [0.05, 0.1) is 12.9 Å². The molecule has 0 saturated heterocycles. The summed E-state index contributed by atoms with van der Waals surface area (Å²) < 4.78 is 5.36. The second kappa shape index (κ2) is 6.33. The lowest BCUT2D eigenvalue weighted by Crippen LogP contribution is -2.54. The van der Waals surface area contributed by atoms with Gasteiger partial charge in [-0.1, -0.05) is 20.3 Å². The zero-order valence-electron chi connectivity index (χ0n) is 12.1. The molecule has 2 rings (SSSR count). The molecule has 3 nitrogen and oxygen atoms in total. The number of thioether (sulfide) groups is 1. The van der Waals surface area contributed by atoms with Gasteiger partial charge in [-0.25, -0.2) is 0 Å². The highest BCUT2D eigenvalue weighted by Gasteiger charge is 2.36. The molecule has 0 amide bonds. The van der Waals surface area contributed by atoms with Crippen molar-refractivity contribution in [1.82, 2.24) is 5.32 Å². The molecule has 1 aliphatic rings. The zero-order chi connectivity index (χ0) is 13.9. The van der Waals surface area contributed by atoms with Crippen LogP contribution in [0.15, 0.2) is 21.6 Å². The van der Waals surface area contributed by atoms with Crippen molar-refractivity contribution in [1.29, 1.82) is 0 Å². The van der Waals surface area contributed by atoms with Crippen LogP contribution in [0.3, 0.4) is 0 Å². The minimum Gasteiger partial charge on any atom is -0.468 e. The van der Waals surface area contributed by atoms with Gasteiger partial charge in [0.2, 0.25) is 0 Å². The minimum absolute atomic E-state index is 0.0955. The smallest absolute Gasteiger partial charge is 0.114 e. The standard InChI is InChI=1S/C15H25NO2S/c1-11(2)16-15(10-17)7-4-5-13(9-15)19-14-6-8-18-12(14)3/h6,8,11,13,16-17H,4-5,7,9-10H2,1-3H3. The Balaban J connectivity index is 2.01. The molecule has 0 radical (unpaired) electrons. The number of hydrogen-bond donors (Lipinski definition) is 2. The van der Waals surface area contributed by atoms with Crippen molar-refractivity contribution in [3.63, 3.8) is 0 Å². The molecule has 0 bridgehead atoms. The van der Waals surface area contributed by atoms with Gasteiger partial charge >= 0.3 is 0 Å². The summed E-state index contributed by atoms with van der Waals surface area (Å²) >= 11 is 1.90. The monoisotopic (exact) mass is 283 g/mol. The Labute approximate surface area is 120 Å². The highest BCUT2D eigenvalue weighted by Crippen LogP contribution is 2.39. The third kappa shape index (κ3) is 3.77. The first kappa shape index (κ1) is 14.9. The van der Waals surface area contributed by atoms with Gasteiger partial charge in [-0.2, -0.15) is 0 Å². The Hall–Kier alpha value is -0.450. The Bertz CT molecular complexity index is 405. The summed E-state index contributed by atoms with van der Waals surface area (Å²) in [6.45, 7) is 6.53. The van der Waals surface area contributed by atoms with Gasteiger partial charge in [-0.05, 0) is 32.3 Å². The van der Waals surface area contributed by atoms with Gasteiger partial charge in [0.15, 0.2) is 0 Å². The summed E-state index contributed by atoms with van der Waals surface area (Å²) in [6, 6.07) is 2.46. The van der Waals surface area contributed by atoms with Gasteiger partial charge < -0.3 is 14.8 Å². The topological polar surface area (TPSA) is 45.4 Å². The number of hydrogen-bond acceptors (Lipinski definition) is 4. The van der Waals surface area contributed by atoms with Crippen LogP contribution in [0, 0.1) is 6.92 Å². The van der Waals surface area contributed by atoms with E-state index in [1.54, 1.807) is 6.26 Å². The van der Waals surface area contributed by atoms with Crippen LogP contribution < -0.4 is 5.32 Å². The van der Waals surface area contributed by atoms with Crippen LogP contribution >= 0.6 is 11.8 Å². The average Bonchev–Trinajstić information content (AvgIpc) is 2.75. The van der Waals surface area contributed by atoms with E-state index in [-0.39, 0.29) is 12.1 Å². The summed E-state index contributed by atoms with van der Waals surface area (Å²) in [6.07, 6.45) is 6.25. The predicted octanol–water partition coefficient (Wildman–Crippen LogP) is 3.35. The Morgan fingerprint density at radius 1 is 1.58 bits per heavy atom. The molecule has 4 heteroatoms. The molecule has 2 unspecified atom stereocenters. The number of aliphatic hydroxyl groups is 1. The maximum absolute atomic E-state index is 9.80. The summed E-state index contributed by atoms with van der Waals surface area (Å²) in [5, 5.41) is 13.9. The summed E-state index contributed by atoms with van der Waals surface area (Å²) in [5.41, 5.74) is -0.0955. The first-order valence-electron chi connectivity index (χ1n) is 7.14. The number of rotatable bonds is 5. The van der Waals surface area contributed by atoms with Crippen LogP contribution in [0.25, 0.3) is 0 Å². The van der Waals surface area contributed by atoms with Crippen LogP contribution in [0.2, 0.25) is 0 Å². The van der Waals surface area contributed by atoms with Gasteiger partial charge in [0, 0.05) is 21.7 Å². The molecule has 1 aromatic heterocycles. The second-order valence-electron chi connectivity index (χ2n) is 5.91. The molecule has 108 valence electrons. The lowest BCUT2D eigenvalue weighted by atomic mass is 9.81. The molecular weight excluding hydrogens is 258 g/mol. The number of furan rings is 1. The third-order valence-electron chi connectivity index (χ3n) is 3.80. The van der Waals surface area contributed by atoms with E-state index in [0.29, 0.717) is 11.3 Å². The number of nitrogens with one attached hydrogen (secondary N) is 1. The van der Waals surface area contributed by atoms with Crippen LogP contribution in [0.4, 0.5) is 0 Å². The molecule has 0 spiro atoms. The lowest BCUT2D eigenvalue weighted by molar-refractivity contribution is 0.115. The quantitative estimate of drug-likeness (QED) is 0.870. The Morgan fingerprint density at radius 2 is 2.37 bits per heavy atom. The van der Waals surface area contributed by atoms with Crippen molar-refractivity contribution >= 4 is 11.8 Å². The van der Waals surface area contributed by atoms with E-state index in [0.717, 1.165) is 18.6 Å². The van der Waals surface area contributed by atoms with E-state index >= 15 is 0 Å². The van der Waals surface area contributed by atoms with Crippen molar-refractivity contribution in [2.75, 3.05) is 6.61 Å². The summed E-state index contributed by atoms with van der Waals surface area (Å²) in [5.74, 6) is 1.00. The highest BCUT2D eigenvalue weighted by molar-refractivity contribution is 8.00. The van der Waals surface area contributed by atoms with E-state index in [1.807, 2.05) is 24.8 Å². The van der Waals surface area contributed by atoms with Gasteiger partial charge in [0.25, 0.3) is 0 Å². The van der Waals surface area contributed by atoms with Crippen LogP contribution in [0.5, 0.6) is 0 Å². The molecule has 1 saturated carbocycles. The largest absolute Gasteiger partial charge is 0.468 e. The lowest BCUT2D eigenvalue weighted by Gasteiger charge is -2.41. The van der Waals surface area contributed by atoms with E-state index in [9.17, 15) is 5.11 Å². The van der Waals surface area contributed by atoms with Gasteiger partial charge in [-0.15, -0.1) is 11.8 Å². The molecule has 1 aromatic rings. The molecule has 2 N–H and O–H groups in total. The molecule has 1 aliphatic carbocycles. The normalized spacial score (nSPS) is 27.9.